The quantitative estimate of drug-likeness (QED) is 0.803. The SMILES string of the molecule is CCc1ccc(C(=O)N(CC(=O)Nc2ccon2)CC2CCCCC2)cc1. The monoisotopic (exact) mass is 369 g/mol. The summed E-state index contributed by atoms with van der Waals surface area (Å²) >= 11 is 0. The van der Waals surface area contributed by atoms with Crippen LogP contribution in [0.1, 0.15) is 54.9 Å². The largest absolute Gasteiger partial charge is 0.363 e. The van der Waals surface area contributed by atoms with Crippen LogP contribution in [-0.2, 0) is 11.2 Å². The Bertz CT molecular complexity index is 735. The lowest BCUT2D eigenvalue weighted by atomic mass is 9.89. The maximum Gasteiger partial charge on any atom is 0.254 e. The molecule has 1 saturated carbocycles. The Morgan fingerprint density at radius 3 is 2.52 bits per heavy atom. The number of aryl methyl sites for hydroxylation is 1. The second kappa shape index (κ2) is 9.35. The van der Waals surface area contributed by atoms with E-state index < -0.39 is 0 Å². The van der Waals surface area contributed by atoms with Gasteiger partial charge in [0.15, 0.2) is 5.82 Å². The van der Waals surface area contributed by atoms with Crippen LogP contribution in [-0.4, -0.2) is 35.0 Å². The van der Waals surface area contributed by atoms with Crippen LogP contribution in [0.4, 0.5) is 5.82 Å². The second-order valence-electron chi connectivity index (χ2n) is 7.17. The van der Waals surface area contributed by atoms with E-state index in [-0.39, 0.29) is 18.4 Å². The van der Waals surface area contributed by atoms with Crippen LogP contribution in [0.5, 0.6) is 0 Å². The fourth-order valence-corrected chi connectivity index (χ4v) is 3.60. The van der Waals surface area contributed by atoms with Crippen molar-refractivity contribution in [1.82, 2.24) is 10.1 Å². The van der Waals surface area contributed by atoms with Crippen molar-refractivity contribution < 1.29 is 14.1 Å². The number of rotatable bonds is 7. The van der Waals surface area contributed by atoms with E-state index in [1.54, 1.807) is 11.0 Å². The van der Waals surface area contributed by atoms with E-state index in [1.165, 1.54) is 31.1 Å². The van der Waals surface area contributed by atoms with Crippen LogP contribution in [0.25, 0.3) is 0 Å². The molecule has 0 spiro atoms. The standard InChI is InChI=1S/C21H27N3O3/c1-2-16-8-10-18(11-9-16)21(26)24(14-17-6-4-3-5-7-17)15-20(25)22-19-12-13-27-23-19/h8-13,17H,2-7,14-15H2,1H3,(H,22,23,25). The minimum Gasteiger partial charge on any atom is -0.363 e. The van der Waals surface area contributed by atoms with Crippen LogP contribution in [0, 0.1) is 5.92 Å². The first kappa shape index (κ1) is 19.1. The van der Waals surface area contributed by atoms with Crippen LogP contribution in [0.3, 0.4) is 0 Å². The van der Waals surface area contributed by atoms with Gasteiger partial charge in [-0.3, -0.25) is 9.59 Å². The second-order valence-corrected chi connectivity index (χ2v) is 7.17. The van der Waals surface area contributed by atoms with Crippen molar-refractivity contribution in [2.24, 2.45) is 5.92 Å². The zero-order valence-corrected chi connectivity index (χ0v) is 15.8. The first-order valence-corrected chi connectivity index (χ1v) is 9.74. The lowest BCUT2D eigenvalue weighted by Crippen LogP contribution is -2.41. The van der Waals surface area contributed by atoms with E-state index in [4.69, 9.17) is 4.52 Å². The van der Waals surface area contributed by atoms with Crippen molar-refractivity contribution in [2.45, 2.75) is 45.4 Å². The molecule has 1 fully saturated rings. The van der Waals surface area contributed by atoms with Crippen LogP contribution in [0.15, 0.2) is 41.1 Å². The van der Waals surface area contributed by atoms with Crippen LogP contribution < -0.4 is 5.32 Å². The predicted molar refractivity (Wildman–Crippen MR) is 103 cm³/mol. The first-order chi connectivity index (χ1) is 13.2. The Morgan fingerprint density at radius 2 is 1.89 bits per heavy atom. The molecule has 0 unspecified atom stereocenters. The van der Waals surface area contributed by atoms with Crippen molar-refractivity contribution in [2.75, 3.05) is 18.4 Å². The van der Waals surface area contributed by atoms with Gasteiger partial charge in [-0.25, -0.2) is 0 Å². The molecule has 1 aliphatic carbocycles. The average Bonchev–Trinajstić information content (AvgIpc) is 3.20. The number of hydrogen-bond acceptors (Lipinski definition) is 4. The van der Waals surface area contributed by atoms with Crippen LogP contribution in [0.2, 0.25) is 0 Å². The normalized spacial score (nSPS) is 14.7. The molecule has 0 bridgehead atoms. The number of benzene rings is 1. The number of hydrogen-bond donors (Lipinski definition) is 1. The van der Waals surface area contributed by atoms with E-state index in [0.29, 0.717) is 23.8 Å². The van der Waals surface area contributed by atoms with Crippen molar-refractivity contribution >= 4 is 17.6 Å². The van der Waals surface area contributed by atoms with Crippen molar-refractivity contribution in [3.05, 3.63) is 47.7 Å². The molecule has 3 rings (SSSR count). The minimum atomic E-state index is -0.266. The van der Waals surface area contributed by atoms with E-state index in [2.05, 4.69) is 17.4 Å². The summed E-state index contributed by atoms with van der Waals surface area (Å²) in [7, 11) is 0. The molecule has 6 nitrogen and oxygen atoms in total. The molecule has 27 heavy (non-hydrogen) atoms. The molecular weight excluding hydrogens is 342 g/mol. The van der Waals surface area contributed by atoms with Crippen LogP contribution >= 0.6 is 0 Å². The third kappa shape index (κ3) is 5.42. The van der Waals surface area contributed by atoms with E-state index in [0.717, 1.165) is 19.3 Å². The number of anilines is 1. The Kier molecular flexibility index (Phi) is 6.63. The number of carbonyl (C=O) groups is 2. The van der Waals surface area contributed by atoms with Gasteiger partial charge < -0.3 is 14.7 Å². The molecule has 6 heteroatoms. The molecule has 1 aliphatic rings. The molecule has 0 saturated heterocycles. The maximum absolute atomic E-state index is 13.1. The Balaban J connectivity index is 1.70. The molecule has 0 atom stereocenters. The summed E-state index contributed by atoms with van der Waals surface area (Å²) in [5, 5.41) is 6.37. The Labute approximate surface area is 159 Å². The minimum absolute atomic E-state index is 0.0116. The van der Waals surface area contributed by atoms with Crippen molar-refractivity contribution in [3.63, 3.8) is 0 Å². The predicted octanol–water partition coefficient (Wildman–Crippen LogP) is 3.90. The summed E-state index contributed by atoms with van der Waals surface area (Å²) in [4.78, 5) is 27.2. The highest BCUT2D eigenvalue weighted by Crippen LogP contribution is 2.25. The summed E-state index contributed by atoms with van der Waals surface area (Å²) in [6.07, 6.45) is 8.21. The molecule has 144 valence electrons. The Morgan fingerprint density at radius 1 is 1.15 bits per heavy atom. The molecular formula is C21H27N3O3. The number of aromatic nitrogens is 1. The van der Waals surface area contributed by atoms with Gasteiger partial charge in [0.05, 0.1) is 0 Å². The molecule has 1 aromatic carbocycles. The van der Waals surface area contributed by atoms with Gasteiger partial charge in [-0.2, -0.15) is 0 Å². The maximum atomic E-state index is 13.1. The van der Waals surface area contributed by atoms with Gasteiger partial charge in [0.1, 0.15) is 12.8 Å². The zero-order chi connectivity index (χ0) is 19.1. The average molecular weight is 369 g/mol. The molecule has 1 N–H and O–H groups in total. The van der Waals surface area contributed by atoms with Gasteiger partial charge in [-0.15, -0.1) is 0 Å². The van der Waals surface area contributed by atoms with Gasteiger partial charge in [0.25, 0.3) is 5.91 Å². The highest BCUT2D eigenvalue weighted by Gasteiger charge is 2.24. The summed E-state index contributed by atoms with van der Waals surface area (Å²) in [5.74, 6) is 0.451. The van der Waals surface area contributed by atoms with E-state index in [1.807, 2.05) is 24.3 Å². The van der Waals surface area contributed by atoms with Gasteiger partial charge in [0.2, 0.25) is 5.91 Å². The fraction of sp³-hybridized carbons (Fsp3) is 0.476. The molecule has 0 radical (unpaired) electrons. The first-order valence-electron chi connectivity index (χ1n) is 9.74. The fourth-order valence-electron chi connectivity index (χ4n) is 3.60. The lowest BCUT2D eigenvalue weighted by Gasteiger charge is -2.29. The van der Waals surface area contributed by atoms with Gasteiger partial charge in [-0.1, -0.05) is 43.5 Å². The Hall–Kier alpha value is -2.63. The highest BCUT2D eigenvalue weighted by atomic mass is 16.5. The molecule has 0 aliphatic heterocycles. The summed E-state index contributed by atoms with van der Waals surface area (Å²) < 4.78 is 4.74. The summed E-state index contributed by atoms with van der Waals surface area (Å²) in [6, 6.07) is 9.23. The molecule has 2 amide bonds. The number of amides is 2. The zero-order valence-electron chi connectivity index (χ0n) is 15.8. The third-order valence-electron chi connectivity index (χ3n) is 5.14. The van der Waals surface area contributed by atoms with Gasteiger partial charge in [-0.05, 0) is 42.9 Å². The van der Waals surface area contributed by atoms with E-state index in [9.17, 15) is 9.59 Å². The molecule has 2 aromatic rings. The smallest absolute Gasteiger partial charge is 0.254 e. The van der Waals surface area contributed by atoms with E-state index >= 15 is 0 Å². The van der Waals surface area contributed by atoms with Gasteiger partial charge >= 0.3 is 0 Å². The number of nitrogens with zero attached hydrogens (tertiary/aromatic N) is 2. The number of carbonyl (C=O) groups excluding carboxylic acids is 2. The summed E-state index contributed by atoms with van der Waals surface area (Å²) in [5.41, 5.74) is 1.81. The van der Waals surface area contributed by atoms with Gasteiger partial charge in [0, 0.05) is 18.2 Å². The molecule has 1 aromatic heterocycles. The van der Waals surface area contributed by atoms with Crippen molar-refractivity contribution in [1.29, 1.82) is 0 Å². The highest BCUT2D eigenvalue weighted by molar-refractivity contribution is 5.99. The molecule has 1 heterocycles. The number of nitrogens with one attached hydrogen (secondary N) is 1. The summed E-state index contributed by atoms with van der Waals surface area (Å²) in [6.45, 7) is 2.71. The topological polar surface area (TPSA) is 75.4 Å². The lowest BCUT2D eigenvalue weighted by molar-refractivity contribution is -0.117. The van der Waals surface area contributed by atoms with Crippen molar-refractivity contribution in [3.8, 4) is 0 Å². The third-order valence-corrected chi connectivity index (χ3v) is 5.14.